The summed E-state index contributed by atoms with van der Waals surface area (Å²) in [7, 11) is 4.67. The average Bonchev–Trinajstić information content (AvgIpc) is 3.63. The van der Waals surface area contributed by atoms with E-state index in [4.69, 9.17) is 24.3 Å². The van der Waals surface area contributed by atoms with Crippen LogP contribution in [0, 0.1) is 0 Å². The van der Waals surface area contributed by atoms with Crippen molar-refractivity contribution in [2.75, 3.05) is 21.3 Å². The minimum Gasteiger partial charge on any atom is -0.497 e. The average molecular weight is 451 g/mol. The molecule has 5 rings (SSSR count). The molecule has 4 aromatic rings. The monoisotopic (exact) mass is 451 g/mol. The van der Waals surface area contributed by atoms with E-state index in [1.54, 1.807) is 37.1 Å². The van der Waals surface area contributed by atoms with Crippen LogP contribution < -0.4 is 14.2 Å². The second-order valence-electron chi connectivity index (χ2n) is 7.94. The zero-order chi connectivity index (χ0) is 23.1. The molecule has 1 aliphatic rings. The van der Waals surface area contributed by atoms with Crippen LogP contribution in [0.25, 0.3) is 28.0 Å². The van der Waals surface area contributed by atoms with Gasteiger partial charge in [0.05, 0.1) is 43.8 Å². The van der Waals surface area contributed by atoms with Crippen molar-refractivity contribution in [2.24, 2.45) is 0 Å². The summed E-state index contributed by atoms with van der Waals surface area (Å²) in [6.07, 6.45) is -0.788. The van der Waals surface area contributed by atoms with Gasteiger partial charge in [0.2, 0.25) is 0 Å². The summed E-state index contributed by atoms with van der Waals surface area (Å²) in [4.78, 5) is 4.81. The van der Waals surface area contributed by atoms with Gasteiger partial charge in [-0.15, -0.1) is 0 Å². The molecule has 2 heterocycles. The molecule has 0 radical (unpaired) electrons. The van der Waals surface area contributed by atoms with E-state index in [9.17, 15) is 8.78 Å². The van der Waals surface area contributed by atoms with Gasteiger partial charge in [0.25, 0.3) is 6.43 Å². The molecule has 0 N–H and O–H groups in total. The third-order valence-corrected chi connectivity index (χ3v) is 5.89. The first-order valence-electron chi connectivity index (χ1n) is 10.6. The minimum atomic E-state index is -2.67. The molecule has 0 atom stereocenters. The number of aromatic nitrogens is 3. The van der Waals surface area contributed by atoms with E-state index in [1.165, 1.54) is 13.2 Å². The first-order chi connectivity index (χ1) is 16.0. The van der Waals surface area contributed by atoms with Crippen LogP contribution in [0.3, 0.4) is 0 Å². The van der Waals surface area contributed by atoms with Gasteiger partial charge < -0.3 is 14.2 Å². The first-order valence-corrected chi connectivity index (χ1v) is 10.6. The molecular weight excluding hydrogens is 428 g/mol. The topological polar surface area (TPSA) is 58.4 Å². The lowest BCUT2D eigenvalue weighted by Gasteiger charge is -2.12. The summed E-state index contributed by atoms with van der Waals surface area (Å²) in [5, 5.41) is 5.19. The zero-order valence-corrected chi connectivity index (χ0v) is 18.5. The van der Waals surface area contributed by atoms with Crippen molar-refractivity contribution in [1.29, 1.82) is 0 Å². The van der Waals surface area contributed by atoms with E-state index < -0.39 is 6.43 Å². The summed E-state index contributed by atoms with van der Waals surface area (Å²) in [6.45, 7) is 0. The van der Waals surface area contributed by atoms with Crippen molar-refractivity contribution in [3.63, 3.8) is 0 Å². The lowest BCUT2D eigenvalue weighted by Crippen LogP contribution is -2.00. The van der Waals surface area contributed by atoms with Crippen LogP contribution in [-0.4, -0.2) is 36.1 Å². The molecule has 0 bridgehead atoms. The number of pyridine rings is 1. The third kappa shape index (κ3) is 3.75. The molecule has 0 amide bonds. The molecule has 0 unspecified atom stereocenters. The number of halogens is 2. The van der Waals surface area contributed by atoms with Crippen molar-refractivity contribution in [1.82, 2.24) is 14.8 Å². The fourth-order valence-electron chi connectivity index (χ4n) is 4.03. The van der Waals surface area contributed by atoms with Gasteiger partial charge in [0, 0.05) is 17.0 Å². The molecule has 0 spiro atoms. The predicted octanol–water partition coefficient (Wildman–Crippen LogP) is 5.93. The maximum Gasteiger partial charge on any atom is 0.264 e. The fourth-order valence-corrected chi connectivity index (χ4v) is 4.03. The Kier molecular flexibility index (Phi) is 5.36. The molecule has 1 saturated carbocycles. The van der Waals surface area contributed by atoms with E-state index in [2.05, 4.69) is 0 Å². The van der Waals surface area contributed by atoms with Crippen LogP contribution in [0.5, 0.6) is 17.2 Å². The van der Waals surface area contributed by atoms with E-state index in [-0.39, 0.29) is 11.5 Å². The summed E-state index contributed by atoms with van der Waals surface area (Å²) >= 11 is 0. The molecule has 2 aromatic heterocycles. The second-order valence-corrected chi connectivity index (χ2v) is 7.94. The van der Waals surface area contributed by atoms with Crippen LogP contribution in [-0.2, 0) is 0 Å². The molecule has 2 aromatic carbocycles. The lowest BCUT2D eigenvalue weighted by atomic mass is 10.0. The lowest BCUT2D eigenvalue weighted by molar-refractivity contribution is 0.153. The number of methoxy groups -OCH3 is 3. The maximum absolute atomic E-state index is 14.3. The third-order valence-electron chi connectivity index (χ3n) is 5.89. The normalized spacial score (nSPS) is 13.5. The molecule has 170 valence electrons. The van der Waals surface area contributed by atoms with Gasteiger partial charge in [-0.25, -0.2) is 18.4 Å². The van der Waals surface area contributed by atoms with Crippen LogP contribution >= 0.6 is 0 Å². The number of nitrogens with zero attached hydrogens (tertiary/aromatic N) is 3. The van der Waals surface area contributed by atoms with Gasteiger partial charge in [0.1, 0.15) is 5.75 Å². The molecule has 1 aliphatic carbocycles. The van der Waals surface area contributed by atoms with Gasteiger partial charge in [0.15, 0.2) is 17.1 Å². The molecule has 0 saturated heterocycles. The standard InChI is InChI=1S/C25H23F2N3O3/c1-31-17-9-7-16(8-10-17)30-25-22(23(29-30)14-4-5-14)18(24(26)27)13-19(28-25)15-6-11-20(32-2)21(12-15)33-3/h6-14,24H,4-5H2,1-3H3. The van der Waals surface area contributed by atoms with Crippen molar-refractivity contribution in [3.8, 4) is 34.2 Å². The highest BCUT2D eigenvalue weighted by molar-refractivity contribution is 5.87. The first kappa shape index (κ1) is 21.2. The predicted molar refractivity (Wildman–Crippen MR) is 121 cm³/mol. The summed E-state index contributed by atoms with van der Waals surface area (Å²) < 4.78 is 46.2. The van der Waals surface area contributed by atoms with E-state index in [1.807, 2.05) is 24.3 Å². The highest BCUT2D eigenvalue weighted by Crippen LogP contribution is 2.45. The number of alkyl halides is 2. The number of hydrogen-bond acceptors (Lipinski definition) is 5. The Morgan fingerprint density at radius 3 is 2.24 bits per heavy atom. The molecule has 0 aliphatic heterocycles. The Bertz CT molecular complexity index is 1310. The highest BCUT2D eigenvalue weighted by atomic mass is 19.3. The van der Waals surface area contributed by atoms with Crippen molar-refractivity contribution in [3.05, 3.63) is 59.8 Å². The van der Waals surface area contributed by atoms with E-state index in [0.717, 1.165) is 18.5 Å². The molecule has 33 heavy (non-hydrogen) atoms. The number of benzene rings is 2. The Morgan fingerprint density at radius 2 is 1.64 bits per heavy atom. The molecular formula is C25H23F2N3O3. The van der Waals surface area contributed by atoms with Gasteiger partial charge in [-0.1, -0.05) is 0 Å². The van der Waals surface area contributed by atoms with Gasteiger partial charge in [-0.05, 0) is 61.4 Å². The maximum atomic E-state index is 14.3. The van der Waals surface area contributed by atoms with E-state index >= 15 is 0 Å². The van der Waals surface area contributed by atoms with Gasteiger partial charge >= 0.3 is 0 Å². The highest BCUT2D eigenvalue weighted by Gasteiger charge is 2.33. The van der Waals surface area contributed by atoms with Crippen molar-refractivity contribution < 1.29 is 23.0 Å². The summed E-state index contributed by atoms with van der Waals surface area (Å²) in [5.41, 5.74) is 2.81. The largest absolute Gasteiger partial charge is 0.497 e. The van der Waals surface area contributed by atoms with Crippen LogP contribution in [0.2, 0.25) is 0 Å². The van der Waals surface area contributed by atoms with Gasteiger partial charge in [-0.3, -0.25) is 0 Å². The number of ether oxygens (including phenoxy) is 3. The Hall–Kier alpha value is -3.68. The second kappa shape index (κ2) is 8.35. The van der Waals surface area contributed by atoms with Gasteiger partial charge in [-0.2, -0.15) is 5.10 Å². The summed E-state index contributed by atoms with van der Waals surface area (Å²) in [5.74, 6) is 1.93. The minimum absolute atomic E-state index is 0.0635. The Labute approximate surface area is 189 Å². The molecule has 6 nitrogen and oxygen atoms in total. The fraction of sp³-hybridized carbons (Fsp3) is 0.280. The zero-order valence-electron chi connectivity index (χ0n) is 18.5. The van der Waals surface area contributed by atoms with E-state index in [0.29, 0.717) is 45.2 Å². The number of rotatable bonds is 7. The number of fused-ring (bicyclic) bond motifs is 1. The Morgan fingerprint density at radius 1 is 0.909 bits per heavy atom. The summed E-state index contributed by atoms with van der Waals surface area (Å²) in [6, 6.07) is 14.0. The van der Waals surface area contributed by atoms with Crippen LogP contribution in [0.1, 0.15) is 36.4 Å². The number of hydrogen-bond donors (Lipinski definition) is 0. The molecule has 1 fully saturated rings. The Balaban J connectivity index is 1.76. The van der Waals surface area contributed by atoms with Crippen molar-refractivity contribution >= 4 is 11.0 Å². The quantitative estimate of drug-likeness (QED) is 0.349. The van der Waals surface area contributed by atoms with Crippen LogP contribution in [0.4, 0.5) is 8.78 Å². The SMILES string of the molecule is COc1ccc(-n2nc(C3CC3)c3c(C(F)F)cc(-c4ccc(OC)c(OC)c4)nc32)cc1. The molecule has 8 heteroatoms. The van der Waals surface area contributed by atoms with Crippen molar-refractivity contribution in [2.45, 2.75) is 25.2 Å². The van der Waals surface area contributed by atoms with Crippen LogP contribution in [0.15, 0.2) is 48.5 Å². The smallest absolute Gasteiger partial charge is 0.264 e.